The standard InChI is InChI=1S/C11H23ClO2/c1-8(2)9(10(3,4)5)11(14,6-12)7-13/h8-9,13-14H,6-7H2,1-5H3. The number of hydrogen-bond acceptors (Lipinski definition) is 2. The maximum Gasteiger partial charge on any atom is 0.105 e. The quantitative estimate of drug-likeness (QED) is 0.717. The lowest BCUT2D eigenvalue weighted by molar-refractivity contribution is -0.0973. The van der Waals surface area contributed by atoms with E-state index in [0.717, 1.165) is 0 Å². The summed E-state index contributed by atoms with van der Waals surface area (Å²) in [4.78, 5) is 0. The summed E-state index contributed by atoms with van der Waals surface area (Å²) < 4.78 is 0. The molecule has 2 nitrogen and oxygen atoms in total. The first-order valence-electron chi connectivity index (χ1n) is 5.08. The van der Waals surface area contributed by atoms with Crippen molar-refractivity contribution < 1.29 is 10.2 Å². The van der Waals surface area contributed by atoms with E-state index in [9.17, 15) is 10.2 Å². The van der Waals surface area contributed by atoms with Gasteiger partial charge in [0, 0.05) is 0 Å². The van der Waals surface area contributed by atoms with Gasteiger partial charge in [-0.15, -0.1) is 11.6 Å². The zero-order valence-electron chi connectivity index (χ0n) is 9.84. The summed E-state index contributed by atoms with van der Waals surface area (Å²) in [5.74, 6) is 0.340. The number of aliphatic hydroxyl groups excluding tert-OH is 1. The Labute approximate surface area is 92.3 Å². The molecule has 0 saturated carbocycles. The highest BCUT2D eigenvalue weighted by Crippen LogP contribution is 2.40. The Kier molecular flexibility index (Phi) is 4.89. The molecule has 0 aliphatic rings. The smallest absolute Gasteiger partial charge is 0.105 e. The number of halogens is 1. The first-order valence-corrected chi connectivity index (χ1v) is 5.61. The fourth-order valence-electron chi connectivity index (χ4n) is 2.65. The average Bonchev–Trinajstić information content (AvgIpc) is 2.00. The van der Waals surface area contributed by atoms with Gasteiger partial charge in [0.1, 0.15) is 5.60 Å². The number of hydrogen-bond donors (Lipinski definition) is 2. The SMILES string of the molecule is CC(C)C(C(C)(C)C)C(O)(CO)CCl. The van der Waals surface area contributed by atoms with Crippen LogP contribution in [0, 0.1) is 17.3 Å². The Bertz CT molecular complexity index is 169. The summed E-state index contributed by atoms with van der Waals surface area (Å²) >= 11 is 5.74. The molecule has 86 valence electrons. The van der Waals surface area contributed by atoms with Crippen molar-refractivity contribution in [3.05, 3.63) is 0 Å². The molecule has 0 rings (SSSR count). The summed E-state index contributed by atoms with van der Waals surface area (Å²) in [7, 11) is 0. The molecule has 0 saturated heterocycles. The van der Waals surface area contributed by atoms with Crippen LogP contribution in [0.3, 0.4) is 0 Å². The van der Waals surface area contributed by atoms with E-state index in [1.54, 1.807) is 0 Å². The largest absolute Gasteiger partial charge is 0.393 e. The molecule has 0 aromatic carbocycles. The topological polar surface area (TPSA) is 40.5 Å². The van der Waals surface area contributed by atoms with E-state index in [0.29, 0.717) is 0 Å². The molecule has 0 amide bonds. The fourth-order valence-corrected chi connectivity index (χ4v) is 2.90. The van der Waals surface area contributed by atoms with Gasteiger partial charge in [-0.25, -0.2) is 0 Å². The van der Waals surface area contributed by atoms with Crippen LogP contribution in [0.4, 0.5) is 0 Å². The van der Waals surface area contributed by atoms with Crippen LogP contribution in [0.2, 0.25) is 0 Å². The Hall–Kier alpha value is 0.210. The summed E-state index contributed by atoms with van der Waals surface area (Å²) in [6.07, 6.45) is 0. The normalized spacial score (nSPS) is 19.5. The minimum atomic E-state index is -1.17. The molecule has 0 radical (unpaired) electrons. The van der Waals surface area contributed by atoms with Gasteiger partial charge in [-0.2, -0.15) is 0 Å². The molecule has 0 bridgehead atoms. The molecule has 0 heterocycles. The first kappa shape index (κ1) is 14.2. The van der Waals surface area contributed by atoms with Gasteiger partial charge in [0.2, 0.25) is 0 Å². The second-order valence-electron chi connectivity index (χ2n) is 5.48. The van der Waals surface area contributed by atoms with Crippen LogP contribution in [-0.4, -0.2) is 28.3 Å². The van der Waals surface area contributed by atoms with Crippen LogP contribution in [0.5, 0.6) is 0 Å². The van der Waals surface area contributed by atoms with Gasteiger partial charge < -0.3 is 10.2 Å². The molecule has 0 aromatic rings. The van der Waals surface area contributed by atoms with Crippen LogP contribution < -0.4 is 0 Å². The van der Waals surface area contributed by atoms with Crippen molar-refractivity contribution in [2.75, 3.05) is 12.5 Å². The van der Waals surface area contributed by atoms with Gasteiger partial charge in [0.05, 0.1) is 12.5 Å². The van der Waals surface area contributed by atoms with Crippen molar-refractivity contribution >= 4 is 11.6 Å². The van der Waals surface area contributed by atoms with E-state index in [2.05, 4.69) is 20.8 Å². The molecule has 0 aromatic heterocycles. The Morgan fingerprint density at radius 3 is 1.71 bits per heavy atom. The molecule has 2 unspecified atom stereocenters. The summed E-state index contributed by atoms with van der Waals surface area (Å²) in [6.45, 7) is 9.99. The molecule has 2 atom stereocenters. The predicted octanol–water partition coefficient (Wildman–Crippen LogP) is 2.27. The maximum atomic E-state index is 10.2. The summed E-state index contributed by atoms with van der Waals surface area (Å²) in [5, 5.41) is 19.4. The van der Waals surface area contributed by atoms with Crippen molar-refractivity contribution in [3.63, 3.8) is 0 Å². The van der Waals surface area contributed by atoms with E-state index < -0.39 is 5.60 Å². The highest BCUT2D eigenvalue weighted by molar-refractivity contribution is 6.18. The number of aliphatic hydroxyl groups is 2. The minimum absolute atomic E-state index is 0.0162. The van der Waals surface area contributed by atoms with Gasteiger partial charge in [-0.1, -0.05) is 34.6 Å². The third-order valence-electron chi connectivity index (χ3n) is 2.68. The van der Waals surface area contributed by atoms with Crippen molar-refractivity contribution in [2.45, 2.75) is 40.2 Å². The van der Waals surface area contributed by atoms with Gasteiger partial charge in [-0.3, -0.25) is 0 Å². The van der Waals surface area contributed by atoms with E-state index in [4.69, 9.17) is 11.6 Å². The third kappa shape index (κ3) is 3.11. The molecule has 0 spiro atoms. The van der Waals surface area contributed by atoms with Gasteiger partial charge >= 0.3 is 0 Å². The van der Waals surface area contributed by atoms with Crippen LogP contribution in [0.15, 0.2) is 0 Å². The lowest BCUT2D eigenvalue weighted by atomic mass is 9.66. The van der Waals surface area contributed by atoms with Gasteiger partial charge in [0.15, 0.2) is 0 Å². The molecule has 3 heteroatoms. The molecule has 0 aliphatic heterocycles. The molecular weight excluding hydrogens is 200 g/mol. The van der Waals surface area contributed by atoms with Crippen molar-refractivity contribution in [1.29, 1.82) is 0 Å². The van der Waals surface area contributed by atoms with E-state index in [-0.39, 0.29) is 29.7 Å². The lowest BCUT2D eigenvalue weighted by Gasteiger charge is -2.44. The summed E-state index contributed by atoms with van der Waals surface area (Å²) in [5.41, 5.74) is -1.24. The zero-order valence-corrected chi connectivity index (χ0v) is 10.6. The van der Waals surface area contributed by atoms with Gasteiger partial charge in [-0.05, 0) is 17.3 Å². The lowest BCUT2D eigenvalue weighted by Crippen LogP contribution is -2.51. The Morgan fingerprint density at radius 1 is 1.21 bits per heavy atom. The Morgan fingerprint density at radius 2 is 1.64 bits per heavy atom. The second kappa shape index (κ2) is 4.82. The average molecular weight is 223 g/mol. The highest BCUT2D eigenvalue weighted by atomic mass is 35.5. The van der Waals surface area contributed by atoms with Crippen LogP contribution >= 0.6 is 11.6 Å². The number of alkyl halides is 1. The predicted molar refractivity (Wildman–Crippen MR) is 60.5 cm³/mol. The van der Waals surface area contributed by atoms with Crippen molar-refractivity contribution in [1.82, 2.24) is 0 Å². The van der Waals surface area contributed by atoms with Crippen molar-refractivity contribution in [3.8, 4) is 0 Å². The zero-order chi connectivity index (χ0) is 11.6. The highest BCUT2D eigenvalue weighted by Gasteiger charge is 2.44. The molecular formula is C11H23ClO2. The monoisotopic (exact) mass is 222 g/mol. The number of rotatable bonds is 4. The molecule has 2 N–H and O–H groups in total. The second-order valence-corrected chi connectivity index (χ2v) is 5.75. The minimum Gasteiger partial charge on any atom is -0.393 e. The molecule has 0 fully saturated rings. The van der Waals surface area contributed by atoms with Crippen LogP contribution in [-0.2, 0) is 0 Å². The van der Waals surface area contributed by atoms with Crippen LogP contribution in [0.25, 0.3) is 0 Å². The molecule has 14 heavy (non-hydrogen) atoms. The molecule has 0 aliphatic carbocycles. The van der Waals surface area contributed by atoms with Crippen LogP contribution in [0.1, 0.15) is 34.6 Å². The Balaban J connectivity index is 5.00. The van der Waals surface area contributed by atoms with E-state index >= 15 is 0 Å². The van der Waals surface area contributed by atoms with Crippen molar-refractivity contribution in [2.24, 2.45) is 17.3 Å². The summed E-state index contributed by atoms with van der Waals surface area (Å²) in [6, 6.07) is 0. The van der Waals surface area contributed by atoms with E-state index in [1.165, 1.54) is 0 Å². The van der Waals surface area contributed by atoms with Gasteiger partial charge in [0.25, 0.3) is 0 Å². The third-order valence-corrected chi connectivity index (χ3v) is 3.15. The maximum absolute atomic E-state index is 10.2. The first-order chi connectivity index (χ1) is 6.19. The fraction of sp³-hybridized carbons (Fsp3) is 1.00. The van der Waals surface area contributed by atoms with E-state index in [1.807, 2.05) is 13.8 Å².